The zero-order chi connectivity index (χ0) is 5.28. The predicted octanol–water partition coefficient (Wildman–Crippen LogP) is 0.819. The fraction of sp³-hybridized carbons (Fsp3) is 0.500. The largest absolute Gasteiger partial charge is 0.657 e. The summed E-state index contributed by atoms with van der Waals surface area (Å²) in [5, 5.41) is 0. The van der Waals surface area contributed by atoms with Gasteiger partial charge in [-0.15, -0.1) is 0 Å². The summed E-state index contributed by atoms with van der Waals surface area (Å²) in [4.78, 5) is 0. The van der Waals surface area contributed by atoms with E-state index in [1.165, 1.54) is 7.69 Å². The SMILES string of the molecule is CC1=C(C)O[B]O1. The quantitative estimate of drug-likeness (QED) is 0.416. The summed E-state index contributed by atoms with van der Waals surface area (Å²) in [6, 6.07) is 0. The van der Waals surface area contributed by atoms with Gasteiger partial charge < -0.3 is 9.31 Å². The average Bonchev–Trinajstić information content (AvgIpc) is 1.91. The molecule has 0 amide bonds. The third-order valence-electron chi connectivity index (χ3n) is 0.946. The van der Waals surface area contributed by atoms with Gasteiger partial charge in [0.2, 0.25) is 0 Å². The van der Waals surface area contributed by atoms with E-state index in [2.05, 4.69) is 0 Å². The van der Waals surface area contributed by atoms with E-state index in [-0.39, 0.29) is 0 Å². The summed E-state index contributed by atoms with van der Waals surface area (Å²) in [6.07, 6.45) is 0. The highest BCUT2D eigenvalue weighted by Crippen LogP contribution is 2.11. The third-order valence-corrected chi connectivity index (χ3v) is 0.946. The predicted molar refractivity (Wildman–Crippen MR) is 26.3 cm³/mol. The van der Waals surface area contributed by atoms with Gasteiger partial charge in [0.25, 0.3) is 0 Å². The van der Waals surface area contributed by atoms with Crippen LogP contribution in [0.25, 0.3) is 0 Å². The first-order chi connectivity index (χ1) is 3.30. The fourth-order valence-corrected chi connectivity index (χ4v) is 0.334. The Kier molecular flexibility index (Phi) is 0.967. The smallest absolute Gasteiger partial charge is 0.527 e. The number of hydrogen-bond donors (Lipinski definition) is 0. The van der Waals surface area contributed by atoms with Crippen LogP contribution in [0.5, 0.6) is 0 Å². The molecule has 0 spiro atoms. The lowest BCUT2D eigenvalue weighted by molar-refractivity contribution is 0.411. The molecule has 0 N–H and O–H groups in total. The van der Waals surface area contributed by atoms with Crippen molar-refractivity contribution in [2.45, 2.75) is 13.8 Å². The lowest BCUT2D eigenvalue weighted by atomic mass is 10.4. The summed E-state index contributed by atoms with van der Waals surface area (Å²) in [5.41, 5.74) is 0. The molecule has 1 rings (SSSR count). The van der Waals surface area contributed by atoms with Crippen molar-refractivity contribution < 1.29 is 9.31 Å². The number of allylic oxidation sites excluding steroid dienone is 2. The second-order valence-corrected chi connectivity index (χ2v) is 1.44. The molecule has 0 saturated carbocycles. The van der Waals surface area contributed by atoms with Crippen LogP contribution < -0.4 is 0 Å². The maximum Gasteiger partial charge on any atom is 0.657 e. The Morgan fingerprint density at radius 3 is 1.71 bits per heavy atom. The highest BCUT2D eigenvalue weighted by Gasteiger charge is 2.10. The molecule has 1 radical (unpaired) electrons. The molecule has 3 heteroatoms. The van der Waals surface area contributed by atoms with Crippen LogP contribution in [0.1, 0.15) is 13.8 Å². The highest BCUT2D eigenvalue weighted by atomic mass is 16.6. The third kappa shape index (κ3) is 0.708. The van der Waals surface area contributed by atoms with Gasteiger partial charge in [-0.25, -0.2) is 0 Å². The van der Waals surface area contributed by atoms with Crippen LogP contribution in [0.4, 0.5) is 0 Å². The number of rotatable bonds is 0. The van der Waals surface area contributed by atoms with E-state index in [4.69, 9.17) is 9.31 Å². The lowest BCUT2D eigenvalue weighted by Gasteiger charge is -1.87. The van der Waals surface area contributed by atoms with Crippen LogP contribution >= 0.6 is 0 Å². The summed E-state index contributed by atoms with van der Waals surface area (Å²) in [6.45, 7) is 3.72. The fourth-order valence-electron chi connectivity index (χ4n) is 0.334. The van der Waals surface area contributed by atoms with E-state index in [1.807, 2.05) is 13.8 Å². The lowest BCUT2D eigenvalue weighted by Crippen LogP contribution is -1.86. The molecule has 0 aromatic heterocycles. The first-order valence-electron chi connectivity index (χ1n) is 2.13. The van der Waals surface area contributed by atoms with Crippen LogP contribution in [0.2, 0.25) is 0 Å². The summed E-state index contributed by atoms with van der Waals surface area (Å²) in [5.74, 6) is 1.69. The Balaban J connectivity index is 2.64. The van der Waals surface area contributed by atoms with Gasteiger partial charge in [-0.05, 0) is 13.8 Å². The molecular weight excluding hydrogens is 90.9 g/mol. The molecule has 1 aliphatic rings. The molecule has 0 aromatic carbocycles. The minimum atomic E-state index is 0.847. The Labute approximate surface area is 43.4 Å². The zero-order valence-electron chi connectivity index (χ0n) is 4.39. The van der Waals surface area contributed by atoms with E-state index in [1.54, 1.807) is 0 Å². The molecule has 0 aliphatic carbocycles. The van der Waals surface area contributed by atoms with Crippen molar-refractivity contribution in [2.75, 3.05) is 0 Å². The van der Waals surface area contributed by atoms with Gasteiger partial charge in [0.05, 0.1) is 0 Å². The van der Waals surface area contributed by atoms with E-state index in [0.29, 0.717) is 0 Å². The molecule has 0 bridgehead atoms. The summed E-state index contributed by atoms with van der Waals surface area (Å²) < 4.78 is 9.59. The van der Waals surface area contributed by atoms with Gasteiger partial charge in [0.15, 0.2) is 0 Å². The minimum absolute atomic E-state index is 0.847. The van der Waals surface area contributed by atoms with Crippen molar-refractivity contribution in [3.8, 4) is 0 Å². The molecule has 1 heterocycles. The van der Waals surface area contributed by atoms with Crippen LogP contribution in [-0.2, 0) is 9.31 Å². The van der Waals surface area contributed by atoms with E-state index < -0.39 is 0 Å². The maximum absolute atomic E-state index is 4.80. The van der Waals surface area contributed by atoms with Crippen LogP contribution in [0, 0.1) is 0 Å². The van der Waals surface area contributed by atoms with Gasteiger partial charge >= 0.3 is 7.69 Å². The van der Waals surface area contributed by atoms with Crippen LogP contribution in [-0.4, -0.2) is 7.69 Å². The first-order valence-corrected chi connectivity index (χ1v) is 2.13. The van der Waals surface area contributed by atoms with Crippen molar-refractivity contribution in [3.63, 3.8) is 0 Å². The first kappa shape index (κ1) is 4.56. The number of hydrogen-bond acceptors (Lipinski definition) is 2. The standard InChI is InChI=1S/C4H6BO2/c1-3-4(2)7-5-6-3/h1-2H3. The molecule has 7 heavy (non-hydrogen) atoms. The van der Waals surface area contributed by atoms with Gasteiger partial charge in [-0.3, -0.25) is 0 Å². The molecule has 0 fully saturated rings. The van der Waals surface area contributed by atoms with Gasteiger partial charge in [0, 0.05) is 0 Å². The molecule has 0 atom stereocenters. The zero-order valence-corrected chi connectivity index (χ0v) is 4.39. The topological polar surface area (TPSA) is 18.5 Å². The second kappa shape index (κ2) is 1.48. The molecule has 37 valence electrons. The van der Waals surface area contributed by atoms with Crippen molar-refractivity contribution in [1.82, 2.24) is 0 Å². The van der Waals surface area contributed by atoms with Gasteiger partial charge in [0.1, 0.15) is 11.5 Å². The monoisotopic (exact) mass is 97.0 g/mol. The van der Waals surface area contributed by atoms with E-state index >= 15 is 0 Å². The van der Waals surface area contributed by atoms with Crippen molar-refractivity contribution in [1.29, 1.82) is 0 Å². The summed E-state index contributed by atoms with van der Waals surface area (Å²) >= 11 is 0. The Bertz CT molecular complexity index is 96.3. The van der Waals surface area contributed by atoms with Crippen LogP contribution in [0.3, 0.4) is 0 Å². The second-order valence-electron chi connectivity index (χ2n) is 1.44. The van der Waals surface area contributed by atoms with Crippen LogP contribution in [0.15, 0.2) is 11.5 Å². The average molecular weight is 96.9 g/mol. The molecule has 1 aliphatic heterocycles. The minimum Gasteiger partial charge on any atom is -0.527 e. The van der Waals surface area contributed by atoms with Crippen molar-refractivity contribution >= 4 is 7.69 Å². The summed E-state index contributed by atoms with van der Waals surface area (Å²) in [7, 11) is 1.32. The van der Waals surface area contributed by atoms with E-state index in [9.17, 15) is 0 Å². The highest BCUT2D eigenvalue weighted by molar-refractivity contribution is 6.20. The molecule has 0 saturated heterocycles. The van der Waals surface area contributed by atoms with Crippen molar-refractivity contribution in [3.05, 3.63) is 11.5 Å². The van der Waals surface area contributed by atoms with Gasteiger partial charge in [-0.1, -0.05) is 0 Å². The normalized spacial score (nSPS) is 18.0. The maximum atomic E-state index is 4.80. The molecule has 2 nitrogen and oxygen atoms in total. The Morgan fingerprint density at radius 1 is 1.14 bits per heavy atom. The Hall–Kier alpha value is -0.595. The molecular formula is C4H6BO2. The van der Waals surface area contributed by atoms with Gasteiger partial charge in [-0.2, -0.15) is 0 Å². The Morgan fingerprint density at radius 2 is 1.57 bits per heavy atom. The molecule has 0 aromatic rings. The van der Waals surface area contributed by atoms with E-state index in [0.717, 1.165) is 11.5 Å². The molecule has 0 unspecified atom stereocenters. The van der Waals surface area contributed by atoms with Crippen molar-refractivity contribution in [2.24, 2.45) is 0 Å².